The number of carboxylic acid groups (broad SMARTS) is 1. The maximum atomic E-state index is 13.5. The van der Waals surface area contributed by atoms with E-state index in [0.717, 1.165) is 19.3 Å². The highest BCUT2D eigenvalue weighted by molar-refractivity contribution is 5.70. The molecule has 86 valence electrons. The second-order valence-electron chi connectivity index (χ2n) is 4.29. The highest BCUT2D eigenvalue weighted by Crippen LogP contribution is 2.33. The highest BCUT2D eigenvalue weighted by atomic mass is 19.1. The maximum absolute atomic E-state index is 13.5. The van der Waals surface area contributed by atoms with Gasteiger partial charge in [-0.1, -0.05) is 12.2 Å². The normalized spacial score (nSPS) is 32.0. The second kappa shape index (κ2) is 5.89. The van der Waals surface area contributed by atoms with Gasteiger partial charge in [0.2, 0.25) is 0 Å². The molecule has 0 aromatic heterocycles. The fourth-order valence-electron chi connectivity index (χ4n) is 2.24. The van der Waals surface area contributed by atoms with Crippen LogP contribution in [0.5, 0.6) is 0 Å². The van der Waals surface area contributed by atoms with Gasteiger partial charge < -0.3 is 5.11 Å². The van der Waals surface area contributed by atoms with E-state index in [1.165, 1.54) is 0 Å². The van der Waals surface area contributed by atoms with E-state index in [1.807, 2.05) is 13.0 Å². The summed E-state index contributed by atoms with van der Waals surface area (Å²) in [6, 6.07) is 0. The van der Waals surface area contributed by atoms with Crippen molar-refractivity contribution in [3.05, 3.63) is 12.2 Å². The average Bonchev–Trinajstić information content (AvgIpc) is 2.17. The molecule has 1 fully saturated rings. The predicted octanol–water partition coefficient (Wildman–Crippen LogP) is 3.18. The van der Waals surface area contributed by atoms with E-state index in [0.29, 0.717) is 18.8 Å². The molecule has 0 aliphatic heterocycles. The average molecular weight is 214 g/mol. The van der Waals surface area contributed by atoms with Crippen molar-refractivity contribution in [2.45, 2.75) is 45.2 Å². The number of hydrogen-bond acceptors (Lipinski definition) is 1. The van der Waals surface area contributed by atoms with Gasteiger partial charge in [-0.05, 0) is 44.9 Å². The van der Waals surface area contributed by atoms with Gasteiger partial charge in [0.15, 0.2) is 0 Å². The van der Waals surface area contributed by atoms with Crippen molar-refractivity contribution in [2.75, 3.05) is 0 Å². The Labute approximate surface area is 90.2 Å². The molecule has 0 amide bonds. The largest absolute Gasteiger partial charge is 0.481 e. The van der Waals surface area contributed by atoms with Crippen LogP contribution in [0.25, 0.3) is 0 Å². The van der Waals surface area contributed by atoms with Gasteiger partial charge in [-0.3, -0.25) is 4.79 Å². The van der Waals surface area contributed by atoms with E-state index < -0.39 is 18.1 Å². The first-order chi connectivity index (χ1) is 7.15. The summed E-state index contributed by atoms with van der Waals surface area (Å²) in [5.41, 5.74) is 0. The third kappa shape index (κ3) is 3.65. The van der Waals surface area contributed by atoms with Crippen LogP contribution in [0, 0.1) is 11.8 Å². The first-order valence-electron chi connectivity index (χ1n) is 5.63. The van der Waals surface area contributed by atoms with Crippen molar-refractivity contribution in [3.63, 3.8) is 0 Å². The van der Waals surface area contributed by atoms with E-state index in [9.17, 15) is 9.18 Å². The zero-order chi connectivity index (χ0) is 11.3. The third-order valence-corrected chi connectivity index (χ3v) is 3.18. The van der Waals surface area contributed by atoms with E-state index in [1.54, 1.807) is 0 Å². The Morgan fingerprint density at radius 3 is 2.80 bits per heavy atom. The minimum absolute atomic E-state index is 0.367. The van der Waals surface area contributed by atoms with Crippen LogP contribution in [0.4, 0.5) is 4.39 Å². The lowest BCUT2D eigenvalue weighted by Crippen LogP contribution is -2.31. The van der Waals surface area contributed by atoms with Crippen LogP contribution in [-0.2, 0) is 4.79 Å². The van der Waals surface area contributed by atoms with Crippen LogP contribution >= 0.6 is 0 Å². The van der Waals surface area contributed by atoms with E-state index in [2.05, 4.69) is 6.08 Å². The van der Waals surface area contributed by atoms with Crippen molar-refractivity contribution >= 4 is 5.97 Å². The summed E-state index contributed by atoms with van der Waals surface area (Å²) in [4.78, 5) is 10.7. The molecule has 1 aliphatic carbocycles. The van der Waals surface area contributed by atoms with Crippen LogP contribution in [-0.4, -0.2) is 17.2 Å². The van der Waals surface area contributed by atoms with Crippen LogP contribution < -0.4 is 0 Å². The summed E-state index contributed by atoms with van der Waals surface area (Å²) in [7, 11) is 0. The first-order valence-corrected chi connectivity index (χ1v) is 5.63. The Hall–Kier alpha value is -0.860. The van der Waals surface area contributed by atoms with Gasteiger partial charge in [-0.2, -0.15) is 0 Å². The standard InChI is InChI=1S/C12H19FO2/c1-2-3-4-5-9-6-7-10(12(14)15)11(13)8-9/h2-3,9-11H,4-8H2,1H3,(H,14,15)/b3-2+. The van der Waals surface area contributed by atoms with Gasteiger partial charge in [-0.15, -0.1) is 0 Å². The molecule has 3 heteroatoms. The number of carboxylic acids is 1. The van der Waals surface area contributed by atoms with Gasteiger partial charge >= 0.3 is 5.97 Å². The van der Waals surface area contributed by atoms with Gasteiger partial charge in [0.05, 0.1) is 5.92 Å². The molecule has 1 aliphatic rings. The fraction of sp³-hybridized carbons (Fsp3) is 0.750. The molecule has 1 N–H and O–H groups in total. The first kappa shape index (κ1) is 12.2. The lowest BCUT2D eigenvalue weighted by Gasteiger charge is -2.29. The zero-order valence-corrected chi connectivity index (χ0v) is 9.16. The Bertz CT molecular complexity index is 238. The molecule has 0 aromatic rings. The summed E-state index contributed by atoms with van der Waals surface area (Å²) in [5, 5.41) is 8.76. The Kier molecular flexibility index (Phi) is 4.79. The lowest BCUT2D eigenvalue weighted by atomic mass is 9.79. The number of aliphatic carboxylic acids is 1. The van der Waals surface area contributed by atoms with Crippen LogP contribution in [0.1, 0.15) is 39.0 Å². The molecule has 0 saturated heterocycles. The topological polar surface area (TPSA) is 37.3 Å². The zero-order valence-electron chi connectivity index (χ0n) is 9.16. The molecule has 0 radical (unpaired) electrons. The second-order valence-corrected chi connectivity index (χ2v) is 4.29. The number of halogens is 1. The van der Waals surface area contributed by atoms with Gasteiger partial charge in [0.25, 0.3) is 0 Å². The Morgan fingerprint density at radius 1 is 1.53 bits per heavy atom. The number of hydrogen-bond donors (Lipinski definition) is 1. The fourth-order valence-corrected chi connectivity index (χ4v) is 2.24. The monoisotopic (exact) mass is 214 g/mol. The summed E-state index contributed by atoms with van der Waals surface area (Å²) < 4.78 is 13.5. The minimum Gasteiger partial charge on any atom is -0.481 e. The molecule has 0 aromatic carbocycles. The molecule has 2 nitrogen and oxygen atoms in total. The molecule has 0 bridgehead atoms. The van der Waals surface area contributed by atoms with Crippen LogP contribution in [0.15, 0.2) is 12.2 Å². The van der Waals surface area contributed by atoms with Crippen molar-refractivity contribution in [1.29, 1.82) is 0 Å². The number of carbonyl (C=O) groups is 1. The minimum atomic E-state index is -1.15. The lowest BCUT2D eigenvalue weighted by molar-refractivity contribution is -0.145. The molecule has 3 atom stereocenters. The summed E-state index contributed by atoms with van der Waals surface area (Å²) in [6.45, 7) is 1.97. The maximum Gasteiger partial charge on any atom is 0.309 e. The van der Waals surface area contributed by atoms with Gasteiger partial charge in [0, 0.05) is 0 Å². The van der Waals surface area contributed by atoms with E-state index in [-0.39, 0.29) is 0 Å². The quantitative estimate of drug-likeness (QED) is 0.730. The Balaban J connectivity index is 2.33. The molecular weight excluding hydrogens is 195 g/mol. The predicted molar refractivity (Wildman–Crippen MR) is 57.4 cm³/mol. The van der Waals surface area contributed by atoms with Crippen molar-refractivity contribution < 1.29 is 14.3 Å². The van der Waals surface area contributed by atoms with Crippen molar-refractivity contribution in [3.8, 4) is 0 Å². The summed E-state index contributed by atoms with van der Waals surface area (Å²) >= 11 is 0. The van der Waals surface area contributed by atoms with Crippen LogP contribution in [0.3, 0.4) is 0 Å². The van der Waals surface area contributed by atoms with Crippen LogP contribution in [0.2, 0.25) is 0 Å². The smallest absolute Gasteiger partial charge is 0.309 e. The Morgan fingerprint density at radius 2 is 2.27 bits per heavy atom. The molecule has 1 saturated carbocycles. The van der Waals surface area contributed by atoms with Crippen molar-refractivity contribution in [2.24, 2.45) is 11.8 Å². The summed E-state index contributed by atoms with van der Waals surface area (Å²) in [5.74, 6) is -1.37. The molecule has 3 unspecified atom stereocenters. The SMILES string of the molecule is C/C=C/CCC1CCC(C(=O)O)C(F)C1. The number of alkyl halides is 1. The van der Waals surface area contributed by atoms with E-state index >= 15 is 0 Å². The number of allylic oxidation sites excluding steroid dienone is 2. The number of rotatable bonds is 4. The van der Waals surface area contributed by atoms with Gasteiger partial charge in [0.1, 0.15) is 6.17 Å². The highest BCUT2D eigenvalue weighted by Gasteiger charge is 2.34. The molecule has 1 rings (SSSR count). The summed E-state index contributed by atoms with van der Waals surface area (Å²) in [6.07, 6.45) is 6.67. The molecule has 0 spiro atoms. The molecule has 15 heavy (non-hydrogen) atoms. The van der Waals surface area contributed by atoms with Gasteiger partial charge in [-0.25, -0.2) is 4.39 Å². The van der Waals surface area contributed by atoms with Crippen molar-refractivity contribution in [1.82, 2.24) is 0 Å². The molecule has 0 heterocycles. The molecular formula is C12H19FO2. The third-order valence-electron chi connectivity index (χ3n) is 3.18. The van der Waals surface area contributed by atoms with E-state index in [4.69, 9.17) is 5.11 Å².